The Hall–Kier alpha value is -1.11. The fourth-order valence-electron chi connectivity index (χ4n) is 3.06. The Morgan fingerprint density at radius 3 is 2.00 bits per heavy atom. The van der Waals surface area contributed by atoms with Gasteiger partial charge in [-0.2, -0.15) is 0 Å². The van der Waals surface area contributed by atoms with E-state index in [2.05, 4.69) is 32.9 Å². The van der Waals surface area contributed by atoms with Gasteiger partial charge in [0, 0.05) is 12.8 Å². The van der Waals surface area contributed by atoms with Crippen LogP contribution in [0.15, 0.2) is 12.1 Å². The summed E-state index contributed by atoms with van der Waals surface area (Å²) in [6, 6.07) is 4.53. The zero-order valence-corrected chi connectivity index (χ0v) is 10.5. The Labute approximate surface area is 97.9 Å². The molecular weight excluding hydrogens is 196 g/mol. The van der Waals surface area contributed by atoms with Crippen LogP contribution >= 0.6 is 0 Å². The van der Waals surface area contributed by atoms with E-state index in [9.17, 15) is 4.79 Å². The average Bonchev–Trinajstić information content (AvgIpc) is 2.19. The third-order valence-electron chi connectivity index (χ3n) is 3.69. The first-order valence-corrected chi connectivity index (χ1v) is 6.17. The molecule has 2 rings (SSSR count). The normalized spacial score (nSPS) is 17.8. The molecule has 1 saturated carbocycles. The first-order valence-electron chi connectivity index (χ1n) is 6.17. The Balaban J connectivity index is 2.30. The zero-order chi connectivity index (χ0) is 11.7. The molecule has 0 aromatic heterocycles. The molecule has 1 aromatic carbocycles. The molecule has 0 bridgehead atoms. The van der Waals surface area contributed by atoms with Gasteiger partial charge >= 0.3 is 0 Å². The molecule has 1 fully saturated rings. The van der Waals surface area contributed by atoms with Crippen molar-refractivity contribution in [2.24, 2.45) is 0 Å². The average molecular weight is 216 g/mol. The second kappa shape index (κ2) is 4.40. The van der Waals surface area contributed by atoms with E-state index in [-0.39, 0.29) is 0 Å². The minimum absolute atomic E-state index is 0.443. The SMILES string of the molecule is Cc1cc(C)c(C2CCC(=O)CC2)c(C)c1. The minimum Gasteiger partial charge on any atom is -0.300 e. The minimum atomic E-state index is 0.443. The van der Waals surface area contributed by atoms with Crippen LogP contribution in [0.1, 0.15) is 53.9 Å². The van der Waals surface area contributed by atoms with Crippen molar-refractivity contribution >= 4 is 5.78 Å². The molecule has 0 radical (unpaired) electrons. The number of hydrogen-bond acceptors (Lipinski definition) is 1. The van der Waals surface area contributed by atoms with E-state index >= 15 is 0 Å². The molecule has 1 aromatic rings. The number of benzene rings is 1. The summed E-state index contributed by atoms with van der Waals surface area (Å²) in [4.78, 5) is 11.3. The van der Waals surface area contributed by atoms with Gasteiger partial charge in [-0.05, 0) is 56.2 Å². The Morgan fingerprint density at radius 2 is 1.50 bits per heavy atom. The highest BCUT2D eigenvalue weighted by Crippen LogP contribution is 2.35. The van der Waals surface area contributed by atoms with E-state index in [4.69, 9.17) is 0 Å². The van der Waals surface area contributed by atoms with Gasteiger partial charge in [-0.1, -0.05) is 17.7 Å². The molecule has 0 N–H and O–H groups in total. The van der Waals surface area contributed by atoms with Gasteiger partial charge in [0.25, 0.3) is 0 Å². The quantitative estimate of drug-likeness (QED) is 0.697. The smallest absolute Gasteiger partial charge is 0.132 e. The number of hydrogen-bond donors (Lipinski definition) is 0. The third-order valence-corrected chi connectivity index (χ3v) is 3.69. The van der Waals surface area contributed by atoms with Crippen LogP contribution in [0.2, 0.25) is 0 Å². The van der Waals surface area contributed by atoms with Gasteiger partial charge in [-0.3, -0.25) is 4.79 Å². The molecule has 0 amide bonds. The lowest BCUT2D eigenvalue weighted by atomic mass is 9.79. The standard InChI is InChI=1S/C15H20O/c1-10-8-11(2)15(12(3)9-10)13-4-6-14(16)7-5-13/h8-9,13H,4-7H2,1-3H3. The number of carbonyl (C=O) groups excluding carboxylic acids is 1. The van der Waals surface area contributed by atoms with E-state index in [0.29, 0.717) is 11.7 Å². The van der Waals surface area contributed by atoms with E-state index in [1.54, 1.807) is 0 Å². The maximum Gasteiger partial charge on any atom is 0.132 e. The monoisotopic (exact) mass is 216 g/mol. The number of aryl methyl sites for hydroxylation is 3. The van der Waals surface area contributed by atoms with Gasteiger partial charge in [0.2, 0.25) is 0 Å². The van der Waals surface area contributed by atoms with Crippen molar-refractivity contribution in [3.63, 3.8) is 0 Å². The summed E-state index contributed by atoms with van der Waals surface area (Å²) in [6.07, 6.45) is 3.64. The van der Waals surface area contributed by atoms with Crippen molar-refractivity contribution in [2.75, 3.05) is 0 Å². The Morgan fingerprint density at radius 1 is 1.00 bits per heavy atom. The highest BCUT2D eigenvalue weighted by molar-refractivity contribution is 5.79. The lowest BCUT2D eigenvalue weighted by Crippen LogP contribution is -2.14. The molecular formula is C15H20O. The highest BCUT2D eigenvalue weighted by atomic mass is 16.1. The summed E-state index contributed by atoms with van der Waals surface area (Å²) >= 11 is 0. The Bertz CT molecular complexity index is 384. The van der Waals surface area contributed by atoms with Gasteiger partial charge in [-0.15, -0.1) is 0 Å². The topological polar surface area (TPSA) is 17.1 Å². The molecule has 86 valence electrons. The number of ketones is 1. The first kappa shape index (κ1) is 11.4. The fraction of sp³-hybridized carbons (Fsp3) is 0.533. The van der Waals surface area contributed by atoms with Crippen LogP contribution in [0.3, 0.4) is 0 Å². The summed E-state index contributed by atoms with van der Waals surface area (Å²) in [7, 11) is 0. The van der Waals surface area contributed by atoms with Crippen LogP contribution in [-0.4, -0.2) is 5.78 Å². The zero-order valence-electron chi connectivity index (χ0n) is 10.5. The molecule has 0 heterocycles. The molecule has 0 atom stereocenters. The summed E-state index contributed by atoms with van der Waals surface area (Å²) < 4.78 is 0. The van der Waals surface area contributed by atoms with Gasteiger partial charge < -0.3 is 0 Å². The first-order chi connectivity index (χ1) is 7.58. The number of Topliss-reactive ketones (excluding diaryl/α,β-unsaturated/α-hetero) is 1. The maximum absolute atomic E-state index is 11.3. The molecule has 1 aliphatic carbocycles. The van der Waals surface area contributed by atoms with Crippen LogP contribution in [0.25, 0.3) is 0 Å². The lowest BCUT2D eigenvalue weighted by molar-refractivity contribution is -0.120. The molecule has 1 nitrogen and oxygen atoms in total. The van der Waals surface area contributed by atoms with E-state index in [1.165, 1.54) is 22.3 Å². The van der Waals surface area contributed by atoms with Crippen molar-refractivity contribution in [3.8, 4) is 0 Å². The number of carbonyl (C=O) groups is 1. The summed E-state index contributed by atoms with van der Waals surface area (Å²) in [6.45, 7) is 6.55. The van der Waals surface area contributed by atoms with Gasteiger partial charge in [0.05, 0.1) is 0 Å². The summed E-state index contributed by atoms with van der Waals surface area (Å²) in [5.74, 6) is 1.05. The second-order valence-corrected chi connectivity index (χ2v) is 5.13. The van der Waals surface area contributed by atoms with Crippen molar-refractivity contribution in [2.45, 2.75) is 52.4 Å². The molecule has 0 spiro atoms. The van der Waals surface area contributed by atoms with Crippen LogP contribution in [0, 0.1) is 20.8 Å². The van der Waals surface area contributed by atoms with Gasteiger partial charge in [-0.25, -0.2) is 0 Å². The van der Waals surface area contributed by atoms with Crippen molar-refractivity contribution in [1.29, 1.82) is 0 Å². The predicted molar refractivity (Wildman–Crippen MR) is 66.9 cm³/mol. The molecule has 0 saturated heterocycles. The molecule has 0 aliphatic heterocycles. The molecule has 0 unspecified atom stereocenters. The third kappa shape index (κ3) is 2.18. The molecule has 1 aliphatic rings. The van der Waals surface area contributed by atoms with E-state index in [1.807, 2.05) is 0 Å². The Kier molecular flexibility index (Phi) is 3.13. The van der Waals surface area contributed by atoms with Crippen LogP contribution in [0.4, 0.5) is 0 Å². The fourth-order valence-corrected chi connectivity index (χ4v) is 3.06. The predicted octanol–water partition coefficient (Wildman–Crippen LogP) is 3.84. The van der Waals surface area contributed by atoms with Crippen molar-refractivity contribution in [3.05, 3.63) is 34.4 Å². The summed E-state index contributed by atoms with van der Waals surface area (Å²) in [5.41, 5.74) is 5.64. The van der Waals surface area contributed by atoms with Crippen LogP contribution in [0.5, 0.6) is 0 Å². The van der Waals surface area contributed by atoms with Gasteiger partial charge in [0.1, 0.15) is 5.78 Å². The van der Waals surface area contributed by atoms with Gasteiger partial charge in [0.15, 0.2) is 0 Å². The number of rotatable bonds is 1. The molecule has 16 heavy (non-hydrogen) atoms. The summed E-state index contributed by atoms with van der Waals surface area (Å²) in [5, 5.41) is 0. The maximum atomic E-state index is 11.3. The van der Waals surface area contributed by atoms with E-state index < -0.39 is 0 Å². The van der Waals surface area contributed by atoms with Crippen molar-refractivity contribution in [1.82, 2.24) is 0 Å². The van der Waals surface area contributed by atoms with Crippen LogP contribution < -0.4 is 0 Å². The largest absolute Gasteiger partial charge is 0.300 e. The highest BCUT2D eigenvalue weighted by Gasteiger charge is 2.22. The second-order valence-electron chi connectivity index (χ2n) is 5.13. The van der Waals surface area contributed by atoms with Crippen LogP contribution in [-0.2, 0) is 4.79 Å². The molecule has 1 heteroatoms. The lowest BCUT2D eigenvalue weighted by Gasteiger charge is -2.25. The van der Waals surface area contributed by atoms with E-state index in [0.717, 1.165) is 25.7 Å². The van der Waals surface area contributed by atoms with Crippen molar-refractivity contribution < 1.29 is 4.79 Å².